The van der Waals surface area contributed by atoms with Gasteiger partial charge in [-0.05, 0) is 43.3 Å². The highest BCUT2D eigenvalue weighted by Crippen LogP contribution is 2.34. The summed E-state index contributed by atoms with van der Waals surface area (Å²) >= 11 is 0. The zero-order valence-electron chi connectivity index (χ0n) is 19.7. The number of morpholine rings is 1. The average molecular weight is 485 g/mol. The van der Waals surface area contributed by atoms with E-state index in [0.717, 1.165) is 35.5 Å². The van der Waals surface area contributed by atoms with Crippen LogP contribution in [-0.2, 0) is 4.74 Å². The third-order valence-corrected chi connectivity index (χ3v) is 6.57. The maximum absolute atomic E-state index is 14.7. The SMILES string of the molecule is CC(Nc1c(-c2nc3ccc(N4CCOCC4)cc3[nH]2)c(=O)[nH]c2c(F)cccc12)c1ccccn1. The van der Waals surface area contributed by atoms with E-state index in [4.69, 9.17) is 9.72 Å². The molecule has 2 aromatic carbocycles. The van der Waals surface area contributed by atoms with Crippen molar-refractivity contribution in [3.63, 3.8) is 0 Å². The number of halogens is 1. The molecule has 0 saturated carbocycles. The molecular formula is C27H25FN6O2. The Labute approximate surface area is 206 Å². The fraction of sp³-hybridized carbons (Fsp3) is 0.222. The van der Waals surface area contributed by atoms with E-state index in [0.29, 0.717) is 35.7 Å². The van der Waals surface area contributed by atoms with Crippen molar-refractivity contribution in [3.8, 4) is 11.4 Å². The molecule has 0 spiro atoms. The van der Waals surface area contributed by atoms with Crippen LogP contribution in [0, 0.1) is 5.82 Å². The van der Waals surface area contributed by atoms with Crippen LogP contribution in [0.5, 0.6) is 0 Å². The minimum Gasteiger partial charge on any atom is -0.378 e. The second kappa shape index (κ2) is 9.09. The number of imidazole rings is 1. The van der Waals surface area contributed by atoms with Crippen LogP contribution in [0.2, 0.25) is 0 Å². The number of pyridine rings is 2. The van der Waals surface area contributed by atoms with Crippen molar-refractivity contribution >= 4 is 33.3 Å². The number of rotatable bonds is 5. The summed E-state index contributed by atoms with van der Waals surface area (Å²) in [6, 6.07) is 16.2. The standard InChI is InChI=1S/C27H25FN6O2/c1-16(20-7-2-3-10-29-20)30-25-18-5-4-6-19(28)24(18)33-27(35)23(25)26-31-21-9-8-17(15-22(21)32-26)34-11-13-36-14-12-34/h2-10,15-16H,11-14H2,1H3,(H,31,32)(H2,30,33,35). The second-order valence-electron chi connectivity index (χ2n) is 8.87. The number of para-hydroxylation sites is 1. The van der Waals surface area contributed by atoms with Crippen molar-refractivity contribution in [2.45, 2.75) is 13.0 Å². The first-order valence-corrected chi connectivity index (χ1v) is 11.9. The molecule has 0 radical (unpaired) electrons. The van der Waals surface area contributed by atoms with Gasteiger partial charge in [0.15, 0.2) is 0 Å². The van der Waals surface area contributed by atoms with Gasteiger partial charge in [-0.2, -0.15) is 0 Å². The number of H-pyrrole nitrogens is 2. The molecule has 1 saturated heterocycles. The highest BCUT2D eigenvalue weighted by atomic mass is 19.1. The van der Waals surface area contributed by atoms with Gasteiger partial charge in [-0.3, -0.25) is 9.78 Å². The quantitative estimate of drug-likeness (QED) is 0.337. The smallest absolute Gasteiger partial charge is 0.261 e. The third kappa shape index (κ3) is 3.97. The van der Waals surface area contributed by atoms with Crippen LogP contribution in [0.15, 0.2) is 65.6 Å². The Hall–Kier alpha value is -4.24. The average Bonchev–Trinajstić information content (AvgIpc) is 3.33. The van der Waals surface area contributed by atoms with Crippen LogP contribution in [0.25, 0.3) is 33.3 Å². The van der Waals surface area contributed by atoms with Gasteiger partial charge in [0, 0.05) is 30.4 Å². The van der Waals surface area contributed by atoms with Crippen molar-refractivity contribution < 1.29 is 9.13 Å². The topological polar surface area (TPSA) is 98.9 Å². The number of ether oxygens (including phenoxy) is 1. The van der Waals surface area contributed by atoms with E-state index in [1.807, 2.05) is 43.3 Å². The molecule has 4 heterocycles. The van der Waals surface area contributed by atoms with Gasteiger partial charge in [-0.1, -0.05) is 18.2 Å². The first-order chi connectivity index (χ1) is 17.6. The summed E-state index contributed by atoms with van der Waals surface area (Å²) in [6.07, 6.45) is 1.72. The lowest BCUT2D eigenvalue weighted by atomic mass is 10.1. The molecule has 182 valence electrons. The van der Waals surface area contributed by atoms with Gasteiger partial charge in [0.1, 0.15) is 17.2 Å². The molecule has 9 heteroatoms. The van der Waals surface area contributed by atoms with E-state index in [9.17, 15) is 9.18 Å². The molecular weight excluding hydrogens is 459 g/mol. The van der Waals surface area contributed by atoms with E-state index >= 15 is 0 Å². The molecule has 1 atom stereocenters. The first kappa shape index (κ1) is 22.2. The Bertz CT molecular complexity index is 1610. The fourth-order valence-corrected chi connectivity index (χ4v) is 4.72. The summed E-state index contributed by atoms with van der Waals surface area (Å²) in [6.45, 7) is 4.98. The van der Waals surface area contributed by atoms with E-state index in [2.05, 4.69) is 25.2 Å². The molecule has 6 rings (SSSR count). The summed E-state index contributed by atoms with van der Waals surface area (Å²) in [5.74, 6) is -0.0864. The van der Waals surface area contributed by atoms with Crippen LogP contribution in [-0.4, -0.2) is 46.2 Å². The fourth-order valence-electron chi connectivity index (χ4n) is 4.72. The Morgan fingerprint density at radius 3 is 2.75 bits per heavy atom. The highest BCUT2D eigenvalue weighted by molar-refractivity contribution is 5.99. The van der Waals surface area contributed by atoms with Gasteiger partial charge in [0.25, 0.3) is 5.56 Å². The molecule has 0 amide bonds. The van der Waals surface area contributed by atoms with Crippen molar-refractivity contribution in [1.82, 2.24) is 19.9 Å². The molecule has 8 nitrogen and oxygen atoms in total. The van der Waals surface area contributed by atoms with Crippen LogP contribution >= 0.6 is 0 Å². The van der Waals surface area contributed by atoms with Gasteiger partial charge >= 0.3 is 0 Å². The number of benzene rings is 2. The molecule has 3 N–H and O–H groups in total. The maximum atomic E-state index is 14.7. The Morgan fingerprint density at radius 1 is 1.08 bits per heavy atom. The van der Waals surface area contributed by atoms with Crippen molar-refractivity contribution in [2.75, 3.05) is 36.5 Å². The number of hydrogen-bond acceptors (Lipinski definition) is 6. The van der Waals surface area contributed by atoms with E-state index < -0.39 is 11.4 Å². The van der Waals surface area contributed by atoms with Gasteiger partial charge in [0.05, 0.1) is 47.2 Å². The lowest BCUT2D eigenvalue weighted by Crippen LogP contribution is -2.36. The predicted molar refractivity (Wildman–Crippen MR) is 139 cm³/mol. The molecule has 0 bridgehead atoms. The van der Waals surface area contributed by atoms with Crippen LogP contribution < -0.4 is 15.8 Å². The number of aromatic nitrogens is 4. The monoisotopic (exact) mass is 484 g/mol. The van der Waals surface area contributed by atoms with Gasteiger partial charge in [0.2, 0.25) is 0 Å². The van der Waals surface area contributed by atoms with Crippen molar-refractivity contribution in [3.05, 3.63) is 82.7 Å². The Balaban J connectivity index is 1.49. The van der Waals surface area contributed by atoms with Crippen LogP contribution in [0.1, 0.15) is 18.7 Å². The van der Waals surface area contributed by atoms with E-state index in [1.54, 1.807) is 18.3 Å². The minimum absolute atomic E-state index is 0.146. The Morgan fingerprint density at radius 2 is 1.94 bits per heavy atom. The number of nitrogens with one attached hydrogen (secondary N) is 3. The van der Waals surface area contributed by atoms with E-state index in [-0.39, 0.29) is 11.6 Å². The van der Waals surface area contributed by atoms with Gasteiger partial charge < -0.3 is 24.9 Å². The molecule has 3 aromatic heterocycles. The molecule has 5 aromatic rings. The predicted octanol–water partition coefficient (Wildman–Crippen LogP) is 4.62. The van der Waals surface area contributed by atoms with Crippen LogP contribution in [0.3, 0.4) is 0 Å². The summed E-state index contributed by atoms with van der Waals surface area (Å²) in [7, 11) is 0. The number of hydrogen-bond donors (Lipinski definition) is 3. The lowest BCUT2D eigenvalue weighted by Gasteiger charge is -2.28. The Kier molecular flexibility index (Phi) is 5.61. The number of fused-ring (bicyclic) bond motifs is 2. The molecule has 0 aliphatic carbocycles. The molecule has 1 fully saturated rings. The first-order valence-electron chi connectivity index (χ1n) is 11.9. The summed E-state index contributed by atoms with van der Waals surface area (Å²) in [5, 5.41) is 3.97. The maximum Gasteiger partial charge on any atom is 0.261 e. The summed E-state index contributed by atoms with van der Waals surface area (Å²) in [5.41, 5.74) is 3.95. The summed E-state index contributed by atoms with van der Waals surface area (Å²) in [4.78, 5) is 30.8. The molecule has 1 unspecified atom stereocenters. The largest absolute Gasteiger partial charge is 0.378 e. The zero-order chi connectivity index (χ0) is 24.6. The van der Waals surface area contributed by atoms with E-state index in [1.165, 1.54) is 6.07 Å². The zero-order valence-corrected chi connectivity index (χ0v) is 19.7. The summed E-state index contributed by atoms with van der Waals surface area (Å²) < 4.78 is 20.1. The minimum atomic E-state index is -0.496. The molecule has 1 aliphatic heterocycles. The van der Waals surface area contributed by atoms with Gasteiger partial charge in [-0.25, -0.2) is 9.37 Å². The number of anilines is 2. The number of nitrogens with zero attached hydrogens (tertiary/aromatic N) is 3. The molecule has 36 heavy (non-hydrogen) atoms. The van der Waals surface area contributed by atoms with Crippen molar-refractivity contribution in [2.24, 2.45) is 0 Å². The lowest BCUT2D eigenvalue weighted by molar-refractivity contribution is 0.122. The number of aromatic amines is 2. The molecule has 1 aliphatic rings. The van der Waals surface area contributed by atoms with Gasteiger partial charge in [-0.15, -0.1) is 0 Å². The third-order valence-electron chi connectivity index (χ3n) is 6.57. The normalized spacial score (nSPS) is 14.9. The van der Waals surface area contributed by atoms with Crippen molar-refractivity contribution in [1.29, 1.82) is 0 Å². The van der Waals surface area contributed by atoms with Crippen LogP contribution in [0.4, 0.5) is 15.8 Å². The second-order valence-corrected chi connectivity index (χ2v) is 8.87. The highest BCUT2D eigenvalue weighted by Gasteiger charge is 2.22.